The molecule has 0 unspecified atom stereocenters. The molecule has 0 aliphatic carbocycles. The van der Waals surface area contributed by atoms with E-state index in [0.29, 0.717) is 37.0 Å². The van der Waals surface area contributed by atoms with Crippen LogP contribution in [0.4, 0.5) is 26.2 Å². The lowest BCUT2D eigenvalue weighted by atomic mass is 10.2. The molecule has 1 fully saturated rings. The number of aromatic nitrogens is 4. The molecule has 0 spiro atoms. The lowest BCUT2D eigenvalue weighted by Crippen LogP contribution is -2.46. The van der Waals surface area contributed by atoms with Crippen molar-refractivity contribution >= 4 is 23.5 Å². The molecule has 0 saturated carbocycles. The summed E-state index contributed by atoms with van der Waals surface area (Å²) in [5.41, 5.74) is 9.56. The Hall–Kier alpha value is -4.51. The van der Waals surface area contributed by atoms with Gasteiger partial charge in [0.15, 0.2) is 5.82 Å². The van der Waals surface area contributed by atoms with E-state index in [4.69, 9.17) is 10.5 Å². The standard InChI is InChI=1S/C29H32F2N8O/c1-20-22(4-3-9-37-10-12-38(13-11-37)25-15-23(30)14-24(31)16-25)19-34-39(20)28-17-27(35-29(32)36-28)33-18-21-5-7-26(40-2)8-6-21/h3-8,14-17,19H,9-13,18H2,1-2H3,(H3,32,33,35,36)/b4-3+. The van der Waals surface area contributed by atoms with Gasteiger partial charge < -0.3 is 20.7 Å². The Labute approximate surface area is 231 Å². The molecule has 11 heteroatoms. The quantitative estimate of drug-likeness (QED) is 0.321. The minimum Gasteiger partial charge on any atom is -0.497 e. The second-order valence-corrected chi connectivity index (χ2v) is 9.59. The molecule has 208 valence electrons. The van der Waals surface area contributed by atoms with Crippen LogP contribution in [-0.2, 0) is 6.54 Å². The fraction of sp³-hybridized carbons (Fsp3) is 0.276. The van der Waals surface area contributed by atoms with Gasteiger partial charge in [0.2, 0.25) is 5.95 Å². The van der Waals surface area contributed by atoms with Gasteiger partial charge in [0.05, 0.1) is 19.0 Å². The number of ether oxygens (including phenoxy) is 1. The zero-order chi connectivity index (χ0) is 28.1. The molecule has 4 aromatic rings. The molecule has 40 heavy (non-hydrogen) atoms. The van der Waals surface area contributed by atoms with Crippen molar-refractivity contribution in [3.8, 4) is 11.6 Å². The van der Waals surface area contributed by atoms with Crippen LogP contribution < -0.4 is 20.7 Å². The number of methoxy groups -OCH3 is 1. The molecule has 5 rings (SSSR count). The van der Waals surface area contributed by atoms with Gasteiger partial charge in [-0.15, -0.1) is 0 Å². The third kappa shape index (κ3) is 6.55. The Morgan fingerprint density at radius 3 is 2.42 bits per heavy atom. The van der Waals surface area contributed by atoms with E-state index < -0.39 is 11.6 Å². The van der Waals surface area contributed by atoms with Crippen LogP contribution in [0.1, 0.15) is 16.8 Å². The summed E-state index contributed by atoms with van der Waals surface area (Å²) in [4.78, 5) is 13.0. The molecule has 2 aromatic carbocycles. The van der Waals surface area contributed by atoms with Crippen molar-refractivity contribution in [2.24, 2.45) is 0 Å². The van der Waals surface area contributed by atoms with Gasteiger partial charge in [0, 0.05) is 62.7 Å². The smallest absolute Gasteiger partial charge is 0.224 e. The van der Waals surface area contributed by atoms with E-state index in [9.17, 15) is 8.78 Å². The summed E-state index contributed by atoms with van der Waals surface area (Å²) in [7, 11) is 1.64. The Kier molecular flexibility index (Phi) is 8.20. The summed E-state index contributed by atoms with van der Waals surface area (Å²) < 4.78 is 34.1. The number of rotatable bonds is 9. The molecule has 9 nitrogen and oxygen atoms in total. The van der Waals surface area contributed by atoms with Crippen LogP contribution in [0.3, 0.4) is 0 Å². The van der Waals surface area contributed by atoms with Gasteiger partial charge in [-0.1, -0.05) is 24.3 Å². The second kappa shape index (κ2) is 12.1. The summed E-state index contributed by atoms with van der Waals surface area (Å²) in [5, 5.41) is 7.82. The average molecular weight is 547 g/mol. The molecule has 1 aliphatic rings. The molecule has 0 amide bonds. The van der Waals surface area contributed by atoms with Crippen LogP contribution in [0.25, 0.3) is 11.9 Å². The lowest BCUT2D eigenvalue weighted by molar-refractivity contribution is 0.284. The van der Waals surface area contributed by atoms with E-state index in [1.165, 1.54) is 12.1 Å². The van der Waals surface area contributed by atoms with Gasteiger partial charge in [-0.2, -0.15) is 15.1 Å². The van der Waals surface area contributed by atoms with E-state index in [-0.39, 0.29) is 5.95 Å². The monoisotopic (exact) mass is 546 g/mol. The Bertz CT molecular complexity index is 1460. The van der Waals surface area contributed by atoms with Crippen LogP contribution in [0.2, 0.25) is 0 Å². The van der Waals surface area contributed by atoms with E-state index in [1.54, 1.807) is 18.0 Å². The normalized spacial score (nSPS) is 14.2. The van der Waals surface area contributed by atoms with Crippen LogP contribution in [-0.4, -0.2) is 64.5 Å². The predicted molar refractivity (Wildman–Crippen MR) is 153 cm³/mol. The number of hydrogen-bond acceptors (Lipinski definition) is 8. The van der Waals surface area contributed by atoms with Crippen LogP contribution in [0.5, 0.6) is 5.75 Å². The molecule has 1 aliphatic heterocycles. The first-order valence-electron chi connectivity index (χ1n) is 13.0. The SMILES string of the molecule is COc1ccc(CNc2cc(-n3ncc(/C=C/CN4CCN(c5cc(F)cc(F)c5)CC4)c3C)nc(N)n2)cc1. The number of nitrogen functional groups attached to an aromatic ring is 1. The number of nitrogens with one attached hydrogen (secondary N) is 1. The summed E-state index contributed by atoms with van der Waals surface area (Å²) in [6.07, 6.45) is 5.94. The minimum absolute atomic E-state index is 0.154. The first kappa shape index (κ1) is 27.1. The molecule has 1 saturated heterocycles. The third-order valence-electron chi connectivity index (χ3n) is 6.87. The van der Waals surface area contributed by atoms with Gasteiger partial charge in [0.25, 0.3) is 0 Å². The van der Waals surface area contributed by atoms with Crippen LogP contribution in [0, 0.1) is 18.6 Å². The van der Waals surface area contributed by atoms with E-state index in [1.807, 2.05) is 48.2 Å². The summed E-state index contributed by atoms with van der Waals surface area (Å²) in [6, 6.07) is 13.3. The van der Waals surface area contributed by atoms with Crippen molar-refractivity contribution in [2.75, 3.05) is 55.8 Å². The number of benzene rings is 2. The van der Waals surface area contributed by atoms with Gasteiger partial charge in [0.1, 0.15) is 23.2 Å². The highest BCUT2D eigenvalue weighted by Gasteiger charge is 2.17. The molecular weight excluding hydrogens is 514 g/mol. The topological polar surface area (TPSA) is 97.4 Å². The van der Waals surface area contributed by atoms with E-state index in [2.05, 4.69) is 31.4 Å². The predicted octanol–water partition coefficient (Wildman–Crippen LogP) is 4.29. The fourth-order valence-electron chi connectivity index (χ4n) is 4.64. The molecule has 3 heterocycles. The summed E-state index contributed by atoms with van der Waals surface area (Å²) in [5.74, 6) is 1.03. The number of nitrogens with zero attached hydrogens (tertiary/aromatic N) is 6. The molecule has 0 radical (unpaired) electrons. The lowest BCUT2D eigenvalue weighted by Gasteiger charge is -2.35. The van der Waals surface area contributed by atoms with Gasteiger partial charge in [-0.05, 0) is 36.8 Å². The van der Waals surface area contributed by atoms with Gasteiger partial charge in [-0.3, -0.25) is 4.90 Å². The van der Waals surface area contributed by atoms with Gasteiger partial charge >= 0.3 is 0 Å². The third-order valence-corrected chi connectivity index (χ3v) is 6.87. The minimum atomic E-state index is -0.554. The number of anilines is 3. The maximum atomic E-state index is 13.6. The molecule has 0 atom stereocenters. The summed E-state index contributed by atoms with van der Waals surface area (Å²) in [6.45, 7) is 6.32. The highest BCUT2D eigenvalue weighted by Crippen LogP contribution is 2.21. The molecule has 0 bridgehead atoms. The maximum absolute atomic E-state index is 13.6. The Morgan fingerprint density at radius 1 is 1.00 bits per heavy atom. The van der Waals surface area contributed by atoms with Crippen LogP contribution >= 0.6 is 0 Å². The average Bonchev–Trinajstić information content (AvgIpc) is 3.31. The van der Waals surface area contributed by atoms with Crippen molar-refractivity contribution in [2.45, 2.75) is 13.5 Å². The van der Waals surface area contributed by atoms with Crippen LogP contribution in [0.15, 0.2) is 60.8 Å². The zero-order valence-corrected chi connectivity index (χ0v) is 22.5. The Balaban J connectivity index is 1.18. The Morgan fingerprint density at radius 2 is 1.73 bits per heavy atom. The second-order valence-electron chi connectivity index (χ2n) is 9.59. The fourth-order valence-corrected chi connectivity index (χ4v) is 4.64. The van der Waals surface area contributed by atoms with Gasteiger partial charge in [-0.25, -0.2) is 13.5 Å². The number of halogens is 2. The van der Waals surface area contributed by atoms with Crippen molar-refractivity contribution in [3.05, 3.63) is 89.3 Å². The first-order valence-corrected chi connectivity index (χ1v) is 13.0. The number of piperazine rings is 1. The van der Waals surface area contributed by atoms with Crippen molar-refractivity contribution in [1.82, 2.24) is 24.6 Å². The zero-order valence-electron chi connectivity index (χ0n) is 22.5. The summed E-state index contributed by atoms with van der Waals surface area (Å²) >= 11 is 0. The van der Waals surface area contributed by atoms with E-state index >= 15 is 0 Å². The first-order chi connectivity index (χ1) is 19.4. The molecule has 2 aromatic heterocycles. The molecular formula is C29H32F2N8O. The number of nitrogens with two attached hydrogens (primary N) is 1. The number of hydrogen-bond donors (Lipinski definition) is 2. The van der Waals surface area contributed by atoms with Crippen molar-refractivity contribution < 1.29 is 13.5 Å². The highest BCUT2D eigenvalue weighted by atomic mass is 19.1. The van der Waals surface area contributed by atoms with Crippen molar-refractivity contribution in [3.63, 3.8) is 0 Å². The van der Waals surface area contributed by atoms with E-state index in [0.717, 1.165) is 48.3 Å². The highest BCUT2D eigenvalue weighted by molar-refractivity contribution is 5.54. The van der Waals surface area contributed by atoms with Crippen molar-refractivity contribution in [1.29, 1.82) is 0 Å². The molecule has 3 N–H and O–H groups in total. The maximum Gasteiger partial charge on any atom is 0.224 e. The largest absolute Gasteiger partial charge is 0.497 e.